The predicted molar refractivity (Wildman–Crippen MR) is 135 cm³/mol. The Morgan fingerprint density at radius 2 is 1.66 bits per heavy atom. The Hall–Kier alpha value is -4.11. The molecule has 0 spiro atoms. The molecule has 1 saturated heterocycles. The molecule has 3 aromatic carbocycles. The first-order valence-corrected chi connectivity index (χ1v) is 11.6. The van der Waals surface area contributed by atoms with Crippen LogP contribution in [-0.4, -0.2) is 30.2 Å². The Kier molecular flexibility index (Phi) is 7.79. The zero-order chi connectivity index (χ0) is 24.6. The summed E-state index contributed by atoms with van der Waals surface area (Å²) in [6.07, 6.45) is 1.76. The first-order chi connectivity index (χ1) is 17.0. The molecule has 7 nitrogen and oxygen atoms in total. The summed E-state index contributed by atoms with van der Waals surface area (Å²) in [6, 6.07) is 19.8. The number of amides is 2. The van der Waals surface area contributed by atoms with Gasteiger partial charge in [-0.3, -0.25) is 9.59 Å². The van der Waals surface area contributed by atoms with Gasteiger partial charge < -0.3 is 20.1 Å². The van der Waals surface area contributed by atoms with Crippen LogP contribution in [0.4, 0.5) is 15.8 Å². The van der Waals surface area contributed by atoms with Gasteiger partial charge in [-0.1, -0.05) is 12.1 Å². The minimum atomic E-state index is -0.376. The second-order valence-electron chi connectivity index (χ2n) is 7.32. The lowest BCUT2D eigenvalue weighted by Crippen LogP contribution is -2.20. The number of ether oxygens (including phenoxy) is 2. The summed E-state index contributed by atoms with van der Waals surface area (Å²) < 4.78 is 23.9. The van der Waals surface area contributed by atoms with Gasteiger partial charge in [-0.2, -0.15) is 0 Å². The molecule has 1 fully saturated rings. The lowest BCUT2D eigenvalue weighted by Gasteiger charge is -2.08. The predicted octanol–water partition coefficient (Wildman–Crippen LogP) is 5.13. The molecule has 9 heteroatoms. The van der Waals surface area contributed by atoms with Gasteiger partial charge in [-0.15, -0.1) is 0 Å². The van der Waals surface area contributed by atoms with E-state index < -0.39 is 0 Å². The van der Waals surface area contributed by atoms with E-state index >= 15 is 0 Å². The van der Waals surface area contributed by atoms with E-state index in [-0.39, 0.29) is 24.2 Å². The number of hydrogen-bond acceptors (Lipinski definition) is 6. The van der Waals surface area contributed by atoms with Crippen LogP contribution in [0.25, 0.3) is 6.08 Å². The SMILES string of the molecule is CCOc1ccc(N=C2NC(=O)/C(=C\c3ccc(OCC(=O)Nc4ccc(F)cc4)cc3)S2)cc1. The Bertz CT molecular complexity index is 1260. The van der Waals surface area contributed by atoms with Crippen LogP contribution in [0.1, 0.15) is 12.5 Å². The number of rotatable bonds is 8. The molecule has 2 N–H and O–H groups in total. The second kappa shape index (κ2) is 11.3. The molecular weight excluding hydrogens is 469 g/mol. The number of amidine groups is 1. The number of carbonyl (C=O) groups is 2. The van der Waals surface area contributed by atoms with E-state index in [9.17, 15) is 14.0 Å². The first-order valence-electron chi connectivity index (χ1n) is 10.8. The number of thioether (sulfide) groups is 1. The van der Waals surface area contributed by atoms with Crippen molar-refractivity contribution in [3.63, 3.8) is 0 Å². The smallest absolute Gasteiger partial charge is 0.264 e. The molecule has 0 radical (unpaired) electrons. The van der Waals surface area contributed by atoms with E-state index in [0.717, 1.165) is 11.3 Å². The molecule has 1 aliphatic heterocycles. The molecule has 3 aromatic rings. The summed E-state index contributed by atoms with van der Waals surface area (Å²) >= 11 is 1.25. The van der Waals surface area contributed by atoms with Gasteiger partial charge in [0.05, 0.1) is 17.2 Å². The number of carbonyl (C=O) groups excluding carboxylic acids is 2. The van der Waals surface area contributed by atoms with Crippen LogP contribution in [0, 0.1) is 5.82 Å². The second-order valence-corrected chi connectivity index (χ2v) is 8.35. The molecule has 0 aromatic heterocycles. The lowest BCUT2D eigenvalue weighted by molar-refractivity contribution is -0.118. The Labute approximate surface area is 206 Å². The summed E-state index contributed by atoms with van der Waals surface area (Å²) in [6.45, 7) is 2.32. The molecule has 0 unspecified atom stereocenters. The van der Waals surface area contributed by atoms with Crippen molar-refractivity contribution in [2.45, 2.75) is 6.92 Å². The van der Waals surface area contributed by atoms with Crippen molar-refractivity contribution in [2.24, 2.45) is 4.99 Å². The van der Waals surface area contributed by atoms with Crippen LogP contribution in [0.15, 0.2) is 82.7 Å². The lowest BCUT2D eigenvalue weighted by atomic mass is 10.2. The minimum absolute atomic E-state index is 0.193. The number of hydrogen-bond donors (Lipinski definition) is 2. The molecule has 1 heterocycles. The molecule has 1 aliphatic rings. The zero-order valence-electron chi connectivity index (χ0n) is 18.8. The first kappa shape index (κ1) is 24.0. The molecule has 2 amide bonds. The van der Waals surface area contributed by atoms with Gasteiger partial charge in [0, 0.05) is 5.69 Å². The van der Waals surface area contributed by atoms with Gasteiger partial charge in [-0.25, -0.2) is 9.38 Å². The molecule has 0 aliphatic carbocycles. The Morgan fingerprint density at radius 1 is 1.00 bits per heavy atom. The van der Waals surface area contributed by atoms with Gasteiger partial charge in [-0.05, 0) is 91.0 Å². The van der Waals surface area contributed by atoms with Gasteiger partial charge in [0.25, 0.3) is 11.8 Å². The molecule has 178 valence electrons. The minimum Gasteiger partial charge on any atom is -0.494 e. The largest absolute Gasteiger partial charge is 0.494 e. The summed E-state index contributed by atoms with van der Waals surface area (Å²) in [7, 11) is 0. The van der Waals surface area contributed by atoms with E-state index in [0.29, 0.717) is 33.8 Å². The van der Waals surface area contributed by atoms with Crippen molar-refractivity contribution in [1.29, 1.82) is 0 Å². The maximum atomic E-state index is 12.9. The third kappa shape index (κ3) is 6.94. The standard InChI is InChI=1S/C26H22FN3O4S/c1-2-33-21-13-9-20(10-14-21)29-26-30-25(32)23(35-26)15-17-3-11-22(12-4-17)34-16-24(31)28-19-7-5-18(27)6-8-19/h3-15H,2,16H2,1H3,(H,28,31)(H,29,30,32)/b23-15+. The monoisotopic (exact) mass is 491 g/mol. The fourth-order valence-corrected chi connectivity index (χ4v) is 3.91. The number of aliphatic imine (C=N–C) groups is 1. The van der Waals surface area contributed by atoms with Crippen molar-refractivity contribution in [3.05, 3.63) is 89.1 Å². The van der Waals surface area contributed by atoms with Gasteiger partial charge >= 0.3 is 0 Å². The average Bonchev–Trinajstić information content (AvgIpc) is 3.20. The van der Waals surface area contributed by atoms with Crippen molar-refractivity contribution < 1.29 is 23.5 Å². The fraction of sp³-hybridized carbons (Fsp3) is 0.115. The van der Waals surface area contributed by atoms with Gasteiger partial charge in [0.15, 0.2) is 11.8 Å². The van der Waals surface area contributed by atoms with Crippen LogP contribution in [0.3, 0.4) is 0 Å². The zero-order valence-corrected chi connectivity index (χ0v) is 19.6. The number of anilines is 1. The van der Waals surface area contributed by atoms with Crippen molar-refractivity contribution in [3.8, 4) is 11.5 Å². The Balaban J connectivity index is 1.32. The summed E-state index contributed by atoms with van der Waals surface area (Å²) in [5.41, 5.74) is 2.00. The van der Waals surface area contributed by atoms with Crippen LogP contribution in [-0.2, 0) is 9.59 Å². The highest BCUT2D eigenvalue weighted by molar-refractivity contribution is 8.18. The van der Waals surface area contributed by atoms with Gasteiger partial charge in [0.1, 0.15) is 17.3 Å². The third-order valence-electron chi connectivity index (χ3n) is 4.71. The van der Waals surface area contributed by atoms with Crippen molar-refractivity contribution in [2.75, 3.05) is 18.5 Å². The van der Waals surface area contributed by atoms with Gasteiger partial charge in [0.2, 0.25) is 0 Å². The summed E-state index contributed by atoms with van der Waals surface area (Å²) in [5, 5.41) is 5.89. The topological polar surface area (TPSA) is 89.0 Å². The molecular formula is C26H22FN3O4S. The summed E-state index contributed by atoms with van der Waals surface area (Å²) in [4.78, 5) is 29.3. The molecule has 0 bridgehead atoms. The highest BCUT2D eigenvalue weighted by Crippen LogP contribution is 2.29. The molecule has 0 atom stereocenters. The quantitative estimate of drug-likeness (QED) is 0.426. The maximum Gasteiger partial charge on any atom is 0.264 e. The van der Waals surface area contributed by atoms with Crippen molar-refractivity contribution in [1.82, 2.24) is 5.32 Å². The fourth-order valence-electron chi connectivity index (χ4n) is 3.07. The molecule has 0 saturated carbocycles. The van der Waals surface area contributed by atoms with E-state index in [2.05, 4.69) is 15.6 Å². The highest BCUT2D eigenvalue weighted by atomic mass is 32.2. The van der Waals surface area contributed by atoms with Crippen LogP contribution < -0.4 is 20.1 Å². The van der Waals surface area contributed by atoms with Crippen LogP contribution >= 0.6 is 11.8 Å². The van der Waals surface area contributed by atoms with E-state index in [4.69, 9.17) is 9.47 Å². The van der Waals surface area contributed by atoms with Crippen LogP contribution in [0.5, 0.6) is 11.5 Å². The van der Waals surface area contributed by atoms with E-state index in [1.54, 1.807) is 30.3 Å². The van der Waals surface area contributed by atoms with E-state index in [1.165, 1.54) is 36.0 Å². The Morgan fingerprint density at radius 3 is 2.34 bits per heavy atom. The number of nitrogens with one attached hydrogen (secondary N) is 2. The normalized spacial score (nSPS) is 15.2. The maximum absolute atomic E-state index is 12.9. The average molecular weight is 492 g/mol. The van der Waals surface area contributed by atoms with Crippen molar-refractivity contribution >= 4 is 46.2 Å². The van der Waals surface area contributed by atoms with Crippen LogP contribution in [0.2, 0.25) is 0 Å². The summed E-state index contributed by atoms with van der Waals surface area (Å²) in [5.74, 6) is 0.307. The number of nitrogens with zero attached hydrogens (tertiary/aromatic N) is 1. The third-order valence-corrected chi connectivity index (χ3v) is 5.61. The number of benzene rings is 3. The van der Waals surface area contributed by atoms with E-state index in [1.807, 2.05) is 31.2 Å². The molecule has 4 rings (SSSR count). The number of halogens is 1. The highest BCUT2D eigenvalue weighted by Gasteiger charge is 2.23. The molecule has 35 heavy (non-hydrogen) atoms.